The number of pyridine rings is 1. The summed E-state index contributed by atoms with van der Waals surface area (Å²) in [6.45, 7) is 4.16. The molecule has 2 aromatic carbocycles. The molecule has 2 N–H and O–H groups in total. The van der Waals surface area contributed by atoms with E-state index in [0.717, 1.165) is 10.6 Å². The van der Waals surface area contributed by atoms with E-state index in [9.17, 15) is 4.79 Å². The zero-order valence-electron chi connectivity index (χ0n) is 14.1. The summed E-state index contributed by atoms with van der Waals surface area (Å²) in [7, 11) is 0. The number of nitrogens with zero attached hydrogens (tertiary/aromatic N) is 1. The number of carbonyl (C=O) groups is 1. The summed E-state index contributed by atoms with van der Waals surface area (Å²) in [6.07, 6.45) is 1.70. The molecule has 0 atom stereocenters. The van der Waals surface area contributed by atoms with Crippen LogP contribution in [0.3, 0.4) is 0 Å². The molecule has 3 rings (SSSR count). The number of hydrazine groups is 1. The van der Waals surface area contributed by atoms with Crippen LogP contribution >= 0.6 is 11.8 Å². The number of aromatic nitrogens is 1. The van der Waals surface area contributed by atoms with E-state index < -0.39 is 0 Å². The first-order valence-corrected chi connectivity index (χ1v) is 8.76. The van der Waals surface area contributed by atoms with Gasteiger partial charge in [0, 0.05) is 11.1 Å². The summed E-state index contributed by atoms with van der Waals surface area (Å²) in [5.41, 5.74) is 9.46. The van der Waals surface area contributed by atoms with Crippen molar-refractivity contribution in [2.75, 3.05) is 5.43 Å². The highest BCUT2D eigenvalue weighted by Gasteiger charge is 2.13. The van der Waals surface area contributed by atoms with Gasteiger partial charge in [0.15, 0.2) is 0 Å². The maximum Gasteiger partial charge on any atom is 0.272 e. The topological polar surface area (TPSA) is 54.0 Å². The van der Waals surface area contributed by atoms with Gasteiger partial charge in [0.05, 0.1) is 11.3 Å². The molecule has 0 saturated heterocycles. The Kier molecular flexibility index (Phi) is 5.36. The molecule has 4 nitrogen and oxygen atoms in total. The monoisotopic (exact) mass is 349 g/mol. The highest BCUT2D eigenvalue weighted by Crippen LogP contribution is 2.29. The molecule has 0 fully saturated rings. The lowest BCUT2D eigenvalue weighted by Crippen LogP contribution is -2.29. The Morgan fingerprint density at radius 1 is 0.960 bits per heavy atom. The van der Waals surface area contributed by atoms with E-state index in [0.29, 0.717) is 10.6 Å². The molecule has 126 valence electrons. The molecule has 0 radical (unpaired) electrons. The molecule has 5 heteroatoms. The van der Waals surface area contributed by atoms with Crippen molar-refractivity contribution < 1.29 is 4.79 Å². The number of para-hydroxylation sites is 1. The summed E-state index contributed by atoms with van der Waals surface area (Å²) in [5.74, 6) is -0.219. The number of benzene rings is 2. The van der Waals surface area contributed by atoms with Gasteiger partial charge >= 0.3 is 0 Å². The standard InChI is InChI=1S/C20H19N3OS/c1-14-10-11-17(13-15(14)2)25-20-18(9-6-12-21-20)19(24)23-22-16-7-4-3-5-8-16/h3-13,22H,1-2H3,(H,23,24). The minimum Gasteiger partial charge on any atom is -0.298 e. The molecular weight excluding hydrogens is 330 g/mol. The minimum atomic E-state index is -0.219. The van der Waals surface area contributed by atoms with Crippen molar-refractivity contribution in [3.63, 3.8) is 0 Å². The van der Waals surface area contributed by atoms with E-state index in [2.05, 4.69) is 41.8 Å². The maximum atomic E-state index is 12.5. The number of nitrogens with one attached hydrogen (secondary N) is 2. The van der Waals surface area contributed by atoms with Gasteiger partial charge in [0.1, 0.15) is 5.03 Å². The van der Waals surface area contributed by atoms with Crippen LogP contribution in [0.2, 0.25) is 0 Å². The Labute approximate surface area is 151 Å². The second-order valence-electron chi connectivity index (χ2n) is 5.65. The summed E-state index contributed by atoms with van der Waals surface area (Å²) in [6, 6.07) is 19.3. The third-order valence-corrected chi connectivity index (χ3v) is 4.81. The van der Waals surface area contributed by atoms with E-state index >= 15 is 0 Å². The number of hydrogen-bond acceptors (Lipinski definition) is 4. The van der Waals surface area contributed by atoms with Crippen molar-refractivity contribution in [1.29, 1.82) is 0 Å². The third-order valence-electron chi connectivity index (χ3n) is 3.80. The average Bonchev–Trinajstić information content (AvgIpc) is 2.64. The largest absolute Gasteiger partial charge is 0.298 e. The van der Waals surface area contributed by atoms with Gasteiger partial charge < -0.3 is 0 Å². The molecule has 0 aliphatic heterocycles. The molecule has 0 saturated carbocycles. The summed E-state index contributed by atoms with van der Waals surface area (Å²) < 4.78 is 0. The summed E-state index contributed by atoms with van der Waals surface area (Å²) in [4.78, 5) is 18.0. The summed E-state index contributed by atoms with van der Waals surface area (Å²) >= 11 is 1.49. The molecule has 1 heterocycles. The van der Waals surface area contributed by atoms with Gasteiger partial charge in [0.2, 0.25) is 0 Å². The number of carbonyl (C=O) groups excluding carboxylic acids is 1. The summed E-state index contributed by atoms with van der Waals surface area (Å²) in [5, 5.41) is 0.679. The Bertz CT molecular complexity index is 881. The maximum absolute atomic E-state index is 12.5. The van der Waals surface area contributed by atoms with Gasteiger partial charge in [-0.05, 0) is 61.4 Å². The lowest BCUT2D eigenvalue weighted by atomic mass is 10.1. The first-order chi connectivity index (χ1) is 12.1. The molecule has 1 amide bonds. The molecular formula is C20H19N3OS. The first kappa shape index (κ1) is 17.0. The fourth-order valence-corrected chi connectivity index (χ4v) is 3.23. The zero-order chi connectivity index (χ0) is 17.6. The van der Waals surface area contributed by atoms with Crippen LogP contribution in [-0.2, 0) is 0 Å². The predicted octanol–water partition coefficient (Wildman–Crippen LogP) is 4.61. The fraction of sp³-hybridized carbons (Fsp3) is 0.100. The Morgan fingerprint density at radius 2 is 1.76 bits per heavy atom. The molecule has 0 aliphatic rings. The molecule has 0 spiro atoms. The van der Waals surface area contributed by atoms with Crippen LogP contribution in [0, 0.1) is 13.8 Å². The van der Waals surface area contributed by atoms with E-state index in [1.165, 1.54) is 22.9 Å². The Morgan fingerprint density at radius 3 is 2.52 bits per heavy atom. The number of hydrogen-bond donors (Lipinski definition) is 2. The van der Waals surface area contributed by atoms with Crippen LogP contribution < -0.4 is 10.9 Å². The van der Waals surface area contributed by atoms with Crippen molar-refractivity contribution in [1.82, 2.24) is 10.4 Å². The number of amides is 1. The molecule has 3 aromatic rings. The second-order valence-corrected chi connectivity index (χ2v) is 6.71. The quantitative estimate of drug-likeness (QED) is 0.661. The van der Waals surface area contributed by atoms with E-state index in [1.807, 2.05) is 36.4 Å². The normalized spacial score (nSPS) is 10.3. The molecule has 1 aromatic heterocycles. The SMILES string of the molecule is Cc1ccc(Sc2ncccc2C(=O)NNc2ccccc2)cc1C. The smallest absolute Gasteiger partial charge is 0.272 e. The van der Waals surface area contributed by atoms with Crippen LogP contribution in [0.5, 0.6) is 0 Å². The van der Waals surface area contributed by atoms with E-state index in [-0.39, 0.29) is 5.91 Å². The highest BCUT2D eigenvalue weighted by atomic mass is 32.2. The third kappa shape index (κ3) is 4.39. The van der Waals surface area contributed by atoms with E-state index in [4.69, 9.17) is 0 Å². The van der Waals surface area contributed by atoms with Crippen molar-refractivity contribution in [2.45, 2.75) is 23.8 Å². The number of rotatable bonds is 5. The molecule has 0 unspecified atom stereocenters. The molecule has 25 heavy (non-hydrogen) atoms. The van der Waals surface area contributed by atoms with Crippen molar-refractivity contribution in [2.24, 2.45) is 0 Å². The zero-order valence-corrected chi connectivity index (χ0v) is 14.9. The first-order valence-electron chi connectivity index (χ1n) is 7.95. The van der Waals surface area contributed by atoms with Gasteiger partial charge in [-0.1, -0.05) is 36.0 Å². The predicted molar refractivity (Wildman–Crippen MR) is 102 cm³/mol. The molecule has 0 aliphatic carbocycles. The van der Waals surface area contributed by atoms with Gasteiger partial charge in [-0.3, -0.25) is 15.6 Å². The van der Waals surface area contributed by atoms with Crippen LogP contribution in [0.25, 0.3) is 0 Å². The molecule has 0 bridgehead atoms. The van der Waals surface area contributed by atoms with Crippen LogP contribution in [0.15, 0.2) is 76.8 Å². The van der Waals surface area contributed by atoms with Gasteiger partial charge in [0.25, 0.3) is 5.91 Å². The van der Waals surface area contributed by atoms with E-state index in [1.54, 1.807) is 18.3 Å². The number of anilines is 1. The lowest BCUT2D eigenvalue weighted by Gasteiger charge is -2.11. The van der Waals surface area contributed by atoms with Crippen molar-refractivity contribution >= 4 is 23.4 Å². The number of aryl methyl sites for hydroxylation is 2. The Balaban J connectivity index is 1.75. The minimum absolute atomic E-state index is 0.219. The lowest BCUT2D eigenvalue weighted by molar-refractivity contribution is 0.0959. The second kappa shape index (κ2) is 7.85. The van der Waals surface area contributed by atoms with Gasteiger partial charge in [-0.2, -0.15) is 0 Å². The van der Waals surface area contributed by atoms with Crippen LogP contribution in [0.4, 0.5) is 5.69 Å². The fourth-order valence-electron chi connectivity index (χ4n) is 2.25. The van der Waals surface area contributed by atoms with Gasteiger partial charge in [-0.25, -0.2) is 4.98 Å². The van der Waals surface area contributed by atoms with Crippen LogP contribution in [-0.4, -0.2) is 10.9 Å². The van der Waals surface area contributed by atoms with Crippen LogP contribution in [0.1, 0.15) is 21.5 Å². The highest BCUT2D eigenvalue weighted by molar-refractivity contribution is 7.99. The average molecular weight is 349 g/mol. The Hall–Kier alpha value is -2.79. The van der Waals surface area contributed by atoms with Crippen molar-refractivity contribution in [3.8, 4) is 0 Å². The van der Waals surface area contributed by atoms with Gasteiger partial charge in [-0.15, -0.1) is 0 Å². The van der Waals surface area contributed by atoms with Crippen molar-refractivity contribution in [3.05, 3.63) is 83.6 Å².